The number of benzene rings is 2. The molecule has 0 bridgehead atoms. The van der Waals surface area contributed by atoms with Gasteiger partial charge in [0.05, 0.1) is 6.04 Å². The van der Waals surface area contributed by atoms with Crippen molar-refractivity contribution in [3.05, 3.63) is 71.8 Å². The van der Waals surface area contributed by atoms with Crippen LogP contribution in [0.4, 0.5) is 0 Å². The molecule has 0 aliphatic heterocycles. The summed E-state index contributed by atoms with van der Waals surface area (Å²) >= 11 is 0. The van der Waals surface area contributed by atoms with Crippen molar-refractivity contribution in [2.45, 2.75) is 44.4 Å². The maximum atomic E-state index is 6.35. The van der Waals surface area contributed by atoms with Crippen LogP contribution in [-0.4, -0.2) is 17.0 Å². The Morgan fingerprint density at radius 1 is 1.00 bits per heavy atom. The Kier molecular flexibility index (Phi) is 4.37. The summed E-state index contributed by atoms with van der Waals surface area (Å²) in [4.78, 5) is 2.59. The Bertz CT molecular complexity index is 546. The summed E-state index contributed by atoms with van der Waals surface area (Å²) in [6.45, 7) is 3.10. The van der Waals surface area contributed by atoms with Crippen molar-refractivity contribution >= 4 is 0 Å². The van der Waals surface area contributed by atoms with E-state index in [1.165, 1.54) is 24.0 Å². The lowest BCUT2D eigenvalue weighted by Crippen LogP contribution is -2.40. The first-order valence-electron chi connectivity index (χ1n) is 7.86. The van der Waals surface area contributed by atoms with Crippen molar-refractivity contribution in [3.63, 3.8) is 0 Å². The van der Waals surface area contributed by atoms with Crippen molar-refractivity contribution in [2.75, 3.05) is 0 Å². The zero-order chi connectivity index (χ0) is 14.7. The van der Waals surface area contributed by atoms with Crippen LogP contribution in [0, 0.1) is 0 Å². The molecular formula is C19H24N2. The minimum Gasteiger partial charge on any atom is -0.326 e. The fraction of sp³-hybridized carbons (Fsp3) is 0.368. The molecule has 1 aliphatic carbocycles. The Balaban J connectivity index is 1.87. The second-order valence-corrected chi connectivity index (χ2v) is 6.10. The summed E-state index contributed by atoms with van der Waals surface area (Å²) in [6.07, 6.45) is 2.59. The third-order valence-corrected chi connectivity index (χ3v) is 4.22. The monoisotopic (exact) mass is 280 g/mol. The van der Waals surface area contributed by atoms with Crippen molar-refractivity contribution in [1.29, 1.82) is 0 Å². The van der Waals surface area contributed by atoms with Crippen LogP contribution in [0.15, 0.2) is 60.7 Å². The molecule has 2 atom stereocenters. The van der Waals surface area contributed by atoms with Crippen LogP contribution in [0.3, 0.4) is 0 Å². The highest BCUT2D eigenvalue weighted by atomic mass is 15.2. The number of nitrogens with two attached hydrogens (primary N) is 1. The van der Waals surface area contributed by atoms with Gasteiger partial charge in [0.25, 0.3) is 0 Å². The summed E-state index contributed by atoms with van der Waals surface area (Å²) in [5.74, 6) is 0. The second kappa shape index (κ2) is 6.42. The normalized spacial score (nSPS) is 17.7. The van der Waals surface area contributed by atoms with Gasteiger partial charge in [-0.2, -0.15) is 0 Å². The first kappa shape index (κ1) is 14.3. The standard InChI is InChI=1S/C19H24N2/c1-15(20)19(17-10-6-3-7-11-17)21(18-12-13-18)14-16-8-4-2-5-9-16/h2-11,15,18-19H,12-14,20H2,1H3. The largest absolute Gasteiger partial charge is 0.326 e. The summed E-state index contributed by atoms with van der Waals surface area (Å²) < 4.78 is 0. The van der Waals surface area contributed by atoms with E-state index in [4.69, 9.17) is 5.73 Å². The van der Waals surface area contributed by atoms with Crippen molar-refractivity contribution in [1.82, 2.24) is 4.90 Å². The lowest BCUT2D eigenvalue weighted by atomic mass is 9.98. The second-order valence-electron chi connectivity index (χ2n) is 6.10. The molecular weight excluding hydrogens is 256 g/mol. The highest BCUT2D eigenvalue weighted by Crippen LogP contribution is 2.37. The molecule has 2 unspecified atom stereocenters. The predicted octanol–water partition coefficient (Wildman–Crippen LogP) is 3.74. The molecule has 0 aromatic heterocycles. The Morgan fingerprint density at radius 2 is 1.57 bits per heavy atom. The smallest absolute Gasteiger partial charge is 0.0502 e. The molecule has 1 fully saturated rings. The van der Waals surface area contributed by atoms with Gasteiger partial charge in [0.15, 0.2) is 0 Å². The first-order valence-corrected chi connectivity index (χ1v) is 7.86. The van der Waals surface area contributed by atoms with Gasteiger partial charge >= 0.3 is 0 Å². The minimum absolute atomic E-state index is 0.122. The summed E-state index contributed by atoms with van der Waals surface area (Å²) in [5.41, 5.74) is 9.04. The van der Waals surface area contributed by atoms with Crippen LogP contribution >= 0.6 is 0 Å². The van der Waals surface area contributed by atoms with Crippen LogP contribution < -0.4 is 5.73 Å². The van der Waals surface area contributed by atoms with E-state index in [2.05, 4.69) is 72.5 Å². The molecule has 1 aliphatic rings. The van der Waals surface area contributed by atoms with E-state index in [1.807, 2.05) is 0 Å². The van der Waals surface area contributed by atoms with E-state index in [1.54, 1.807) is 0 Å². The van der Waals surface area contributed by atoms with Crippen LogP contribution in [0.2, 0.25) is 0 Å². The van der Waals surface area contributed by atoms with E-state index in [9.17, 15) is 0 Å². The van der Waals surface area contributed by atoms with Crippen molar-refractivity contribution in [3.8, 4) is 0 Å². The van der Waals surface area contributed by atoms with Gasteiger partial charge < -0.3 is 5.73 Å². The van der Waals surface area contributed by atoms with E-state index >= 15 is 0 Å². The van der Waals surface area contributed by atoms with Gasteiger partial charge in [0.1, 0.15) is 0 Å². The molecule has 2 nitrogen and oxygen atoms in total. The molecule has 2 aromatic carbocycles. The molecule has 0 heterocycles. The average molecular weight is 280 g/mol. The molecule has 2 heteroatoms. The molecule has 110 valence electrons. The molecule has 3 rings (SSSR count). The van der Waals surface area contributed by atoms with E-state index in [0.29, 0.717) is 12.1 Å². The molecule has 0 saturated heterocycles. The molecule has 2 aromatic rings. The zero-order valence-corrected chi connectivity index (χ0v) is 12.7. The Labute approximate surface area is 127 Å². The van der Waals surface area contributed by atoms with Gasteiger partial charge in [0, 0.05) is 18.6 Å². The van der Waals surface area contributed by atoms with Gasteiger partial charge in [0.2, 0.25) is 0 Å². The Morgan fingerprint density at radius 3 is 2.10 bits per heavy atom. The zero-order valence-electron chi connectivity index (χ0n) is 12.7. The van der Waals surface area contributed by atoms with Crippen LogP contribution in [0.5, 0.6) is 0 Å². The maximum absolute atomic E-state index is 6.35. The van der Waals surface area contributed by atoms with Gasteiger partial charge in [-0.1, -0.05) is 60.7 Å². The lowest BCUT2D eigenvalue weighted by molar-refractivity contribution is 0.157. The molecule has 0 spiro atoms. The van der Waals surface area contributed by atoms with E-state index in [-0.39, 0.29) is 6.04 Å². The molecule has 21 heavy (non-hydrogen) atoms. The quantitative estimate of drug-likeness (QED) is 0.873. The van der Waals surface area contributed by atoms with E-state index in [0.717, 1.165) is 6.54 Å². The molecule has 2 N–H and O–H groups in total. The maximum Gasteiger partial charge on any atom is 0.0502 e. The number of hydrogen-bond donors (Lipinski definition) is 1. The highest BCUT2D eigenvalue weighted by molar-refractivity contribution is 5.23. The van der Waals surface area contributed by atoms with Crippen LogP contribution in [0.25, 0.3) is 0 Å². The van der Waals surface area contributed by atoms with Crippen molar-refractivity contribution in [2.24, 2.45) is 5.73 Å². The summed E-state index contributed by atoms with van der Waals surface area (Å²) in [7, 11) is 0. The molecule has 0 radical (unpaired) electrons. The van der Waals surface area contributed by atoms with E-state index < -0.39 is 0 Å². The predicted molar refractivity (Wildman–Crippen MR) is 87.8 cm³/mol. The fourth-order valence-electron chi connectivity index (χ4n) is 3.10. The average Bonchev–Trinajstić information content (AvgIpc) is 3.33. The van der Waals surface area contributed by atoms with Gasteiger partial charge in [-0.25, -0.2) is 0 Å². The highest BCUT2D eigenvalue weighted by Gasteiger charge is 2.36. The number of hydrogen-bond acceptors (Lipinski definition) is 2. The SMILES string of the molecule is CC(N)C(c1ccccc1)N(Cc1ccccc1)C1CC1. The van der Waals surface area contributed by atoms with Gasteiger partial charge in [-0.05, 0) is 30.9 Å². The van der Waals surface area contributed by atoms with Crippen LogP contribution in [0.1, 0.15) is 36.9 Å². The topological polar surface area (TPSA) is 29.3 Å². The Hall–Kier alpha value is -1.64. The number of rotatable bonds is 6. The van der Waals surface area contributed by atoms with Crippen molar-refractivity contribution < 1.29 is 0 Å². The van der Waals surface area contributed by atoms with Gasteiger partial charge in [-0.3, -0.25) is 4.90 Å². The first-order chi connectivity index (χ1) is 10.3. The fourth-order valence-corrected chi connectivity index (χ4v) is 3.10. The molecule has 1 saturated carbocycles. The van der Waals surface area contributed by atoms with Gasteiger partial charge in [-0.15, -0.1) is 0 Å². The van der Waals surface area contributed by atoms with Crippen LogP contribution in [-0.2, 0) is 6.54 Å². The number of nitrogens with zero attached hydrogens (tertiary/aromatic N) is 1. The summed E-state index contributed by atoms with van der Waals surface area (Å²) in [5, 5.41) is 0. The summed E-state index contributed by atoms with van der Waals surface area (Å²) in [6, 6.07) is 22.5. The lowest BCUT2D eigenvalue weighted by Gasteiger charge is -2.35. The molecule has 0 amide bonds. The third-order valence-electron chi connectivity index (χ3n) is 4.22. The third kappa shape index (κ3) is 3.52. The minimum atomic E-state index is 0.122.